The summed E-state index contributed by atoms with van der Waals surface area (Å²) in [6.07, 6.45) is 1.27. The molecule has 0 unspecified atom stereocenters. The lowest BCUT2D eigenvalue weighted by Gasteiger charge is -2.29. The van der Waals surface area contributed by atoms with E-state index in [4.69, 9.17) is 0 Å². The van der Waals surface area contributed by atoms with E-state index in [1.807, 2.05) is 0 Å². The van der Waals surface area contributed by atoms with Gasteiger partial charge in [0.2, 0.25) is 11.8 Å². The quantitative estimate of drug-likeness (QED) is 0.580. The molecule has 1 heterocycles. The number of nitrogens with zero attached hydrogens (tertiary/aromatic N) is 1. The first kappa shape index (κ1) is 14.1. The van der Waals surface area contributed by atoms with Crippen LogP contribution in [0.25, 0.3) is 0 Å². The van der Waals surface area contributed by atoms with Crippen LogP contribution < -0.4 is 4.90 Å². The molecule has 1 saturated carbocycles. The van der Waals surface area contributed by atoms with Gasteiger partial charge in [0.05, 0.1) is 17.5 Å². The van der Waals surface area contributed by atoms with Gasteiger partial charge in [-0.25, -0.2) is 4.90 Å². The summed E-state index contributed by atoms with van der Waals surface area (Å²) in [5.41, 5.74) is 0.286. The molecule has 0 aromatic heterocycles. The summed E-state index contributed by atoms with van der Waals surface area (Å²) in [6, 6.07) is 6.45. The summed E-state index contributed by atoms with van der Waals surface area (Å²) >= 11 is 7.10. The molecule has 6 heteroatoms. The van der Waals surface area contributed by atoms with Gasteiger partial charge in [-0.3, -0.25) is 9.59 Å². The lowest BCUT2D eigenvalue weighted by molar-refractivity contribution is -0.122. The van der Waals surface area contributed by atoms with Crippen molar-refractivity contribution in [1.29, 1.82) is 0 Å². The van der Waals surface area contributed by atoms with Gasteiger partial charge in [0.15, 0.2) is 0 Å². The van der Waals surface area contributed by atoms with Gasteiger partial charge >= 0.3 is 0 Å². The molecule has 0 radical (unpaired) electrons. The third-order valence-electron chi connectivity index (χ3n) is 4.03. The molecule has 1 aromatic rings. The summed E-state index contributed by atoms with van der Waals surface area (Å²) in [6.45, 7) is 0. The van der Waals surface area contributed by atoms with Crippen molar-refractivity contribution in [1.82, 2.24) is 0 Å². The molecule has 106 valence electrons. The Balaban J connectivity index is 1.97. The molecule has 4 atom stereocenters. The highest BCUT2D eigenvalue weighted by molar-refractivity contribution is 9.12. The van der Waals surface area contributed by atoms with Gasteiger partial charge in [0.1, 0.15) is 5.75 Å². The number of hydrogen-bond acceptors (Lipinski definition) is 3. The van der Waals surface area contributed by atoms with Crippen LogP contribution >= 0.6 is 31.9 Å². The second-order valence-electron chi connectivity index (χ2n) is 5.22. The van der Waals surface area contributed by atoms with Gasteiger partial charge in [-0.2, -0.15) is 0 Å². The molecule has 1 saturated heterocycles. The number of imide groups is 1. The molecule has 2 amide bonds. The molecule has 2 aliphatic rings. The average molecular weight is 403 g/mol. The van der Waals surface area contributed by atoms with Crippen molar-refractivity contribution in [2.45, 2.75) is 22.5 Å². The minimum absolute atomic E-state index is 0.0429. The zero-order valence-electron chi connectivity index (χ0n) is 10.5. The fraction of sp³-hybridized carbons (Fsp3) is 0.429. The Bertz CT molecular complexity index is 549. The molecule has 2 fully saturated rings. The number of phenolic OH excluding ortho intramolecular Hbond substituents is 1. The number of anilines is 1. The van der Waals surface area contributed by atoms with Crippen LogP contribution in [0.1, 0.15) is 12.8 Å². The van der Waals surface area contributed by atoms with Crippen molar-refractivity contribution >= 4 is 49.4 Å². The second kappa shape index (κ2) is 5.15. The lowest BCUT2D eigenvalue weighted by Crippen LogP contribution is -2.34. The van der Waals surface area contributed by atoms with E-state index in [0.717, 1.165) is 4.90 Å². The number of amides is 2. The van der Waals surface area contributed by atoms with Crippen molar-refractivity contribution in [2.24, 2.45) is 11.8 Å². The predicted octanol–water partition coefficient (Wildman–Crippen LogP) is 2.82. The number of halogens is 2. The molecule has 0 bridgehead atoms. The maximum Gasteiger partial charge on any atom is 0.237 e. The molecule has 1 N–H and O–H groups in total. The molecular formula is C14H13Br2NO3. The molecule has 1 aliphatic carbocycles. The largest absolute Gasteiger partial charge is 0.506 e. The minimum Gasteiger partial charge on any atom is -0.506 e. The predicted molar refractivity (Wildman–Crippen MR) is 82.2 cm³/mol. The Hall–Kier alpha value is -0.880. The minimum atomic E-state index is -0.291. The normalized spacial score (nSPS) is 33.4. The number of hydrogen-bond donors (Lipinski definition) is 1. The van der Waals surface area contributed by atoms with E-state index in [1.54, 1.807) is 18.2 Å². The molecule has 1 aromatic carbocycles. The Morgan fingerprint density at radius 3 is 2.00 bits per heavy atom. The van der Waals surface area contributed by atoms with Crippen LogP contribution in [0.2, 0.25) is 0 Å². The number of rotatable bonds is 1. The van der Waals surface area contributed by atoms with Crippen molar-refractivity contribution in [3.05, 3.63) is 24.3 Å². The van der Waals surface area contributed by atoms with Gasteiger partial charge in [0.25, 0.3) is 0 Å². The molecule has 3 rings (SSSR count). The van der Waals surface area contributed by atoms with Gasteiger partial charge in [0, 0.05) is 9.65 Å². The van der Waals surface area contributed by atoms with E-state index in [-0.39, 0.29) is 44.7 Å². The fourth-order valence-corrected chi connectivity index (χ4v) is 4.22. The standard InChI is InChI=1S/C14H13Br2NO3/c15-9-5-7-8(6-10(9)16)14(20)17(13(7)19)11-3-1-2-4-12(11)18/h1-4,7-10,18H,5-6H2/t7-,8-,9+,10+/m1/s1. The fourth-order valence-electron chi connectivity index (χ4n) is 2.99. The lowest BCUT2D eigenvalue weighted by atomic mass is 9.81. The Morgan fingerprint density at radius 2 is 1.50 bits per heavy atom. The molecule has 1 aliphatic heterocycles. The first-order chi connectivity index (χ1) is 9.50. The number of carbonyl (C=O) groups excluding carboxylic acids is 2. The number of carbonyl (C=O) groups is 2. The molecular weight excluding hydrogens is 390 g/mol. The van der Waals surface area contributed by atoms with Gasteiger partial charge in [-0.1, -0.05) is 44.0 Å². The highest BCUT2D eigenvalue weighted by Gasteiger charge is 2.52. The van der Waals surface area contributed by atoms with Crippen molar-refractivity contribution < 1.29 is 14.7 Å². The van der Waals surface area contributed by atoms with Crippen LogP contribution in [0.4, 0.5) is 5.69 Å². The van der Waals surface area contributed by atoms with Crippen LogP contribution in [-0.2, 0) is 9.59 Å². The third kappa shape index (κ3) is 2.09. The van der Waals surface area contributed by atoms with E-state index in [9.17, 15) is 14.7 Å². The van der Waals surface area contributed by atoms with E-state index in [2.05, 4.69) is 31.9 Å². The van der Waals surface area contributed by atoms with Gasteiger partial charge in [-0.15, -0.1) is 0 Å². The summed E-state index contributed by atoms with van der Waals surface area (Å²) in [5, 5.41) is 9.88. The van der Waals surface area contributed by atoms with Crippen molar-refractivity contribution in [3.8, 4) is 5.75 Å². The average Bonchev–Trinajstić information content (AvgIpc) is 2.64. The number of phenols is 1. The summed E-state index contributed by atoms with van der Waals surface area (Å²) in [4.78, 5) is 26.5. The number of aromatic hydroxyl groups is 1. The Morgan fingerprint density at radius 1 is 1.00 bits per heavy atom. The summed E-state index contributed by atoms with van der Waals surface area (Å²) < 4.78 is 0. The SMILES string of the molecule is O=C1[C@@H]2C[C@H](Br)[C@@H](Br)C[C@H]2C(=O)N1c1ccccc1O. The van der Waals surface area contributed by atoms with Gasteiger partial charge < -0.3 is 5.11 Å². The first-order valence-corrected chi connectivity index (χ1v) is 8.27. The van der Waals surface area contributed by atoms with Crippen LogP contribution in [-0.4, -0.2) is 26.6 Å². The van der Waals surface area contributed by atoms with Crippen LogP contribution in [0.5, 0.6) is 5.75 Å². The maximum atomic E-state index is 12.5. The number of para-hydroxylation sites is 2. The summed E-state index contributed by atoms with van der Waals surface area (Å²) in [7, 11) is 0. The number of fused-ring (bicyclic) bond motifs is 1. The Kier molecular flexibility index (Phi) is 3.62. The molecule has 20 heavy (non-hydrogen) atoms. The number of alkyl halides is 2. The van der Waals surface area contributed by atoms with Crippen molar-refractivity contribution in [2.75, 3.05) is 4.90 Å². The Labute approximate surface area is 133 Å². The second-order valence-corrected chi connectivity index (χ2v) is 7.57. The molecule has 0 spiro atoms. The van der Waals surface area contributed by atoms with Crippen LogP contribution in [0, 0.1) is 11.8 Å². The van der Waals surface area contributed by atoms with Crippen LogP contribution in [0.3, 0.4) is 0 Å². The van der Waals surface area contributed by atoms with E-state index in [1.165, 1.54) is 6.07 Å². The van der Waals surface area contributed by atoms with E-state index < -0.39 is 0 Å². The van der Waals surface area contributed by atoms with E-state index in [0.29, 0.717) is 12.8 Å². The number of benzene rings is 1. The monoisotopic (exact) mass is 401 g/mol. The zero-order chi connectivity index (χ0) is 14.4. The van der Waals surface area contributed by atoms with Gasteiger partial charge in [-0.05, 0) is 25.0 Å². The van der Waals surface area contributed by atoms with Crippen LogP contribution in [0.15, 0.2) is 24.3 Å². The highest BCUT2D eigenvalue weighted by atomic mass is 79.9. The molecule has 4 nitrogen and oxygen atoms in total. The third-order valence-corrected chi connectivity index (χ3v) is 6.77. The smallest absolute Gasteiger partial charge is 0.237 e. The zero-order valence-corrected chi connectivity index (χ0v) is 13.7. The first-order valence-electron chi connectivity index (χ1n) is 6.44. The topological polar surface area (TPSA) is 57.6 Å². The van der Waals surface area contributed by atoms with E-state index >= 15 is 0 Å². The highest BCUT2D eigenvalue weighted by Crippen LogP contribution is 2.45. The summed E-state index contributed by atoms with van der Waals surface area (Å²) in [5.74, 6) is -1.03. The van der Waals surface area contributed by atoms with Crippen molar-refractivity contribution in [3.63, 3.8) is 0 Å². The maximum absolute atomic E-state index is 12.5.